The van der Waals surface area contributed by atoms with Crippen molar-refractivity contribution < 1.29 is 27.2 Å². The van der Waals surface area contributed by atoms with Crippen LogP contribution in [0.4, 0.5) is 8.78 Å². The molecule has 27 heavy (non-hydrogen) atoms. The van der Waals surface area contributed by atoms with Crippen molar-refractivity contribution in [2.24, 2.45) is 5.41 Å². The van der Waals surface area contributed by atoms with E-state index in [2.05, 4.69) is 0 Å². The van der Waals surface area contributed by atoms with Crippen LogP contribution in [0.2, 0.25) is 0 Å². The standard InChI is InChI=1S/C18H24F2NO4PS/c1-5-6-16(22)27-12-11-24-26(23,18(19,20)17(2,3)4)25-15-9-7-14(13-21)8-10-15/h7-10H,5-6,11-12H2,1-4H3. The van der Waals surface area contributed by atoms with E-state index in [1.165, 1.54) is 45.0 Å². The molecule has 1 unspecified atom stereocenters. The molecule has 1 atom stereocenters. The number of hydrogen-bond acceptors (Lipinski definition) is 6. The van der Waals surface area contributed by atoms with Crippen molar-refractivity contribution >= 4 is 24.5 Å². The summed E-state index contributed by atoms with van der Waals surface area (Å²) in [6, 6.07) is 7.20. The highest BCUT2D eigenvalue weighted by Crippen LogP contribution is 2.67. The van der Waals surface area contributed by atoms with Gasteiger partial charge in [-0.2, -0.15) is 14.0 Å². The number of carbonyl (C=O) groups excluding carboxylic acids is 1. The highest BCUT2D eigenvalue weighted by molar-refractivity contribution is 8.13. The first-order chi connectivity index (χ1) is 12.5. The second-order valence-electron chi connectivity index (χ2n) is 6.82. The van der Waals surface area contributed by atoms with Gasteiger partial charge in [0.2, 0.25) is 0 Å². The first-order valence-electron chi connectivity index (χ1n) is 8.44. The molecule has 0 aliphatic heterocycles. The normalized spacial score (nSPS) is 14.3. The third-order valence-corrected chi connectivity index (χ3v) is 6.75. The molecule has 0 aliphatic carbocycles. The van der Waals surface area contributed by atoms with Gasteiger partial charge in [0.1, 0.15) is 5.75 Å². The highest BCUT2D eigenvalue weighted by Gasteiger charge is 2.62. The summed E-state index contributed by atoms with van der Waals surface area (Å²) in [5, 5.41) is 8.73. The summed E-state index contributed by atoms with van der Waals surface area (Å²) >= 11 is 0.950. The third kappa shape index (κ3) is 6.31. The van der Waals surface area contributed by atoms with E-state index in [1.54, 1.807) is 0 Å². The number of rotatable bonds is 9. The van der Waals surface area contributed by atoms with E-state index < -0.39 is 18.7 Å². The van der Waals surface area contributed by atoms with E-state index in [9.17, 15) is 18.1 Å². The summed E-state index contributed by atoms with van der Waals surface area (Å²) in [4.78, 5) is 11.5. The molecular formula is C18H24F2NO4PS. The minimum absolute atomic E-state index is 0.0773. The van der Waals surface area contributed by atoms with Crippen LogP contribution in [0, 0.1) is 16.7 Å². The van der Waals surface area contributed by atoms with E-state index in [1.807, 2.05) is 13.0 Å². The van der Waals surface area contributed by atoms with Crippen LogP contribution in [0.1, 0.15) is 46.1 Å². The van der Waals surface area contributed by atoms with Crippen molar-refractivity contribution in [3.8, 4) is 11.8 Å². The molecule has 5 nitrogen and oxygen atoms in total. The summed E-state index contributed by atoms with van der Waals surface area (Å²) < 4.78 is 53.0. The van der Waals surface area contributed by atoms with Gasteiger partial charge in [0.05, 0.1) is 18.2 Å². The van der Waals surface area contributed by atoms with Crippen LogP contribution in [0.5, 0.6) is 5.75 Å². The Morgan fingerprint density at radius 3 is 2.33 bits per heavy atom. The van der Waals surface area contributed by atoms with E-state index in [4.69, 9.17) is 14.3 Å². The van der Waals surface area contributed by atoms with Crippen molar-refractivity contribution in [2.45, 2.75) is 46.2 Å². The molecule has 0 bridgehead atoms. The summed E-state index contributed by atoms with van der Waals surface area (Å²) in [7, 11) is -4.91. The van der Waals surface area contributed by atoms with Gasteiger partial charge in [-0.25, -0.2) is 4.57 Å². The Morgan fingerprint density at radius 1 is 1.26 bits per heavy atom. The Hall–Kier alpha value is -1.42. The lowest BCUT2D eigenvalue weighted by Gasteiger charge is -2.35. The van der Waals surface area contributed by atoms with Crippen LogP contribution >= 0.6 is 19.4 Å². The second kappa shape index (κ2) is 9.68. The van der Waals surface area contributed by atoms with E-state index in [0.717, 1.165) is 11.8 Å². The maximum Gasteiger partial charge on any atom is 0.448 e. The smallest absolute Gasteiger partial charge is 0.421 e. The quantitative estimate of drug-likeness (QED) is 0.369. The molecule has 0 fully saturated rings. The molecule has 0 heterocycles. The monoisotopic (exact) mass is 419 g/mol. The molecule has 0 spiro atoms. The number of nitrogens with zero attached hydrogens (tertiary/aromatic N) is 1. The van der Waals surface area contributed by atoms with Crippen LogP contribution < -0.4 is 4.52 Å². The van der Waals surface area contributed by atoms with Gasteiger partial charge < -0.3 is 4.52 Å². The number of nitriles is 1. The van der Waals surface area contributed by atoms with Gasteiger partial charge in [0.25, 0.3) is 0 Å². The molecule has 0 amide bonds. The van der Waals surface area contributed by atoms with Crippen LogP contribution in [-0.4, -0.2) is 23.1 Å². The van der Waals surface area contributed by atoms with Crippen molar-refractivity contribution in [1.29, 1.82) is 5.26 Å². The molecule has 9 heteroatoms. The number of carbonyl (C=O) groups is 1. The van der Waals surface area contributed by atoms with Gasteiger partial charge in [0.15, 0.2) is 5.12 Å². The molecule has 0 N–H and O–H groups in total. The fourth-order valence-corrected chi connectivity index (χ4v) is 4.64. The van der Waals surface area contributed by atoms with Gasteiger partial charge in [-0.05, 0) is 30.7 Å². The van der Waals surface area contributed by atoms with Gasteiger partial charge >= 0.3 is 13.3 Å². The van der Waals surface area contributed by atoms with E-state index >= 15 is 0 Å². The fraction of sp³-hybridized carbons (Fsp3) is 0.556. The van der Waals surface area contributed by atoms with Gasteiger partial charge in [-0.15, -0.1) is 0 Å². The van der Waals surface area contributed by atoms with E-state index in [0.29, 0.717) is 18.4 Å². The Labute approximate surface area is 163 Å². The Bertz CT molecular complexity index is 726. The largest absolute Gasteiger partial charge is 0.448 e. The molecule has 0 saturated carbocycles. The summed E-state index contributed by atoms with van der Waals surface area (Å²) in [6.07, 6.45) is 1.07. The lowest BCUT2D eigenvalue weighted by molar-refractivity contribution is -0.111. The van der Waals surface area contributed by atoms with Crippen LogP contribution in [0.3, 0.4) is 0 Å². The number of alkyl halides is 2. The zero-order valence-corrected chi connectivity index (χ0v) is 17.5. The number of halogens is 2. The SMILES string of the molecule is CCCC(=O)SCCOP(=O)(Oc1ccc(C#N)cc1)C(F)(F)C(C)(C)C. The summed E-state index contributed by atoms with van der Waals surface area (Å²) in [5.74, 6) is 0.00994. The molecule has 1 rings (SSSR count). The predicted octanol–water partition coefficient (Wildman–Crippen LogP) is 5.85. The van der Waals surface area contributed by atoms with Gasteiger partial charge in [-0.3, -0.25) is 9.32 Å². The molecular weight excluding hydrogens is 395 g/mol. The zero-order valence-electron chi connectivity index (χ0n) is 15.8. The fourth-order valence-electron chi connectivity index (χ4n) is 1.89. The maximum absolute atomic E-state index is 14.9. The Kier molecular flexibility index (Phi) is 8.47. The topological polar surface area (TPSA) is 76.4 Å². The van der Waals surface area contributed by atoms with Crippen molar-refractivity contribution in [1.82, 2.24) is 0 Å². The van der Waals surface area contributed by atoms with Crippen molar-refractivity contribution in [2.75, 3.05) is 12.4 Å². The number of benzene rings is 1. The lowest BCUT2D eigenvalue weighted by atomic mass is 9.97. The molecule has 0 radical (unpaired) electrons. The van der Waals surface area contributed by atoms with Crippen LogP contribution in [0.15, 0.2) is 24.3 Å². The van der Waals surface area contributed by atoms with Gasteiger partial charge in [0, 0.05) is 17.6 Å². The van der Waals surface area contributed by atoms with Crippen LogP contribution in [0.25, 0.3) is 0 Å². The summed E-state index contributed by atoms with van der Waals surface area (Å²) in [5.41, 5.74) is -5.14. The average Bonchev–Trinajstić information content (AvgIpc) is 2.58. The Morgan fingerprint density at radius 2 is 1.85 bits per heavy atom. The first-order valence-corrected chi connectivity index (χ1v) is 11.0. The second-order valence-corrected chi connectivity index (χ2v) is 9.97. The zero-order chi connectivity index (χ0) is 20.7. The van der Waals surface area contributed by atoms with Crippen molar-refractivity contribution in [3.05, 3.63) is 29.8 Å². The first kappa shape index (κ1) is 23.6. The number of thioether (sulfide) groups is 1. The predicted molar refractivity (Wildman–Crippen MR) is 102 cm³/mol. The molecule has 0 saturated heterocycles. The molecule has 0 aliphatic rings. The molecule has 1 aromatic rings. The molecule has 1 aromatic carbocycles. The highest BCUT2D eigenvalue weighted by atomic mass is 32.2. The molecule has 0 aromatic heterocycles. The van der Waals surface area contributed by atoms with Gasteiger partial charge in [-0.1, -0.05) is 39.5 Å². The van der Waals surface area contributed by atoms with E-state index in [-0.39, 0.29) is 23.2 Å². The lowest BCUT2D eigenvalue weighted by Crippen LogP contribution is -2.36. The Balaban J connectivity index is 2.97. The van der Waals surface area contributed by atoms with Crippen LogP contribution in [-0.2, 0) is 13.9 Å². The number of hydrogen-bond donors (Lipinski definition) is 0. The molecule has 150 valence electrons. The average molecular weight is 419 g/mol. The van der Waals surface area contributed by atoms with Crippen molar-refractivity contribution in [3.63, 3.8) is 0 Å². The minimum atomic E-state index is -4.91. The third-order valence-electron chi connectivity index (χ3n) is 3.52. The summed E-state index contributed by atoms with van der Waals surface area (Å²) in [6.45, 7) is 5.26. The minimum Gasteiger partial charge on any atom is -0.421 e. The maximum atomic E-state index is 14.9.